The lowest BCUT2D eigenvalue weighted by Gasteiger charge is -2.33. The van der Waals surface area contributed by atoms with Crippen molar-refractivity contribution in [2.24, 2.45) is 0 Å². The Morgan fingerprint density at radius 2 is 1.59 bits per heavy atom. The number of nitrogens with zero attached hydrogens (tertiary/aromatic N) is 1. The Hall–Kier alpha value is -4.36. The number of nitriles is 1. The maximum absolute atomic E-state index is 11.7. The van der Waals surface area contributed by atoms with E-state index in [0.29, 0.717) is 10.5 Å². The van der Waals surface area contributed by atoms with E-state index in [1.54, 1.807) is 28.7 Å². The Morgan fingerprint density at radius 3 is 2.18 bits per heavy atom. The monoisotopic (exact) mass is 640 g/mol. The molecule has 0 amide bonds. The van der Waals surface area contributed by atoms with Crippen LogP contribution in [0.1, 0.15) is 51.7 Å². The van der Waals surface area contributed by atoms with E-state index in [1.807, 2.05) is 12.1 Å². The maximum atomic E-state index is 11.7. The molecule has 2 N–H and O–H groups in total. The minimum Gasteiger partial charge on any atom is -0.491 e. The minimum absolute atomic E-state index is 0.00702. The van der Waals surface area contributed by atoms with E-state index < -0.39 is 5.97 Å². The van der Waals surface area contributed by atoms with Crippen molar-refractivity contribution in [2.45, 2.75) is 32.2 Å². The van der Waals surface area contributed by atoms with Crippen molar-refractivity contribution in [3.05, 3.63) is 98.4 Å². The van der Waals surface area contributed by atoms with Crippen LogP contribution in [0, 0.1) is 11.3 Å². The summed E-state index contributed by atoms with van der Waals surface area (Å²) in [5.41, 5.74) is 4.67. The molecule has 224 valence electrons. The number of aromatic carboxylic acids is 1. The smallest absolute Gasteiger partial charge is 0.349 e. The van der Waals surface area contributed by atoms with Crippen molar-refractivity contribution in [3.63, 3.8) is 0 Å². The van der Waals surface area contributed by atoms with Gasteiger partial charge in [-0.1, -0.05) is 55.8 Å². The summed E-state index contributed by atoms with van der Waals surface area (Å²) < 4.78 is 10.7. The third-order valence-corrected chi connectivity index (χ3v) is 10.5. The lowest BCUT2D eigenvalue weighted by molar-refractivity contribution is 0.0698. The molecular formula is C35H32N2O4S3. The average molecular weight is 641 g/mol. The number of allylic oxidation sites excluding steroid dienone is 1. The van der Waals surface area contributed by atoms with Crippen molar-refractivity contribution >= 4 is 57.3 Å². The van der Waals surface area contributed by atoms with E-state index in [-0.39, 0.29) is 21.9 Å². The molecule has 3 heterocycles. The number of methoxy groups -OCH3 is 2. The third-order valence-electron chi connectivity index (χ3n) is 7.37. The third kappa shape index (κ3) is 6.43. The van der Waals surface area contributed by atoms with E-state index in [1.165, 1.54) is 30.2 Å². The van der Waals surface area contributed by atoms with Gasteiger partial charge in [0.05, 0.1) is 30.2 Å². The number of benzene rings is 2. The zero-order valence-electron chi connectivity index (χ0n) is 24.8. The first kappa shape index (κ1) is 31.1. The van der Waals surface area contributed by atoms with Crippen LogP contribution in [0.25, 0.3) is 32.5 Å². The Labute approximate surface area is 269 Å². The van der Waals surface area contributed by atoms with Gasteiger partial charge in [0.2, 0.25) is 0 Å². The lowest BCUT2D eigenvalue weighted by Crippen LogP contribution is -2.31. The van der Waals surface area contributed by atoms with E-state index in [2.05, 4.69) is 91.3 Å². The fourth-order valence-electron chi connectivity index (χ4n) is 5.23. The summed E-state index contributed by atoms with van der Waals surface area (Å²) in [5.74, 6) is -0.766. The molecule has 1 unspecified atom stereocenters. The molecule has 9 heteroatoms. The molecule has 0 aliphatic heterocycles. The summed E-state index contributed by atoms with van der Waals surface area (Å²) in [6, 6.07) is 27.7. The highest BCUT2D eigenvalue weighted by molar-refractivity contribution is 7.17. The number of carboxylic acid groups (broad SMARTS) is 1. The zero-order valence-corrected chi connectivity index (χ0v) is 27.3. The summed E-state index contributed by atoms with van der Waals surface area (Å²) in [5, 5.41) is 25.4. The van der Waals surface area contributed by atoms with Crippen molar-refractivity contribution in [2.75, 3.05) is 19.5 Å². The van der Waals surface area contributed by atoms with Crippen molar-refractivity contribution in [3.8, 4) is 38.4 Å². The lowest BCUT2D eigenvalue weighted by atomic mass is 9.86. The van der Waals surface area contributed by atoms with Crippen molar-refractivity contribution in [1.82, 2.24) is 0 Å². The second kappa shape index (κ2) is 13.5. The predicted octanol–water partition coefficient (Wildman–Crippen LogP) is 10.1. The Kier molecular flexibility index (Phi) is 9.55. The highest BCUT2D eigenvalue weighted by Gasteiger charge is 2.27. The Morgan fingerprint density at radius 1 is 0.932 bits per heavy atom. The molecule has 44 heavy (non-hydrogen) atoms. The molecule has 5 rings (SSSR count). The van der Waals surface area contributed by atoms with Gasteiger partial charge in [-0.05, 0) is 71.8 Å². The number of nitrogens with one attached hydrogen (secondary N) is 1. The molecule has 0 bridgehead atoms. The molecule has 1 atom stereocenters. The Balaban J connectivity index is 1.37. The molecule has 6 nitrogen and oxygen atoms in total. The molecule has 3 aromatic heterocycles. The largest absolute Gasteiger partial charge is 0.491 e. The first-order valence-electron chi connectivity index (χ1n) is 14.0. The normalized spacial score (nSPS) is 12.8. The van der Waals surface area contributed by atoms with Crippen LogP contribution in [0.4, 0.5) is 5.69 Å². The van der Waals surface area contributed by atoms with Crippen LogP contribution in [-0.4, -0.2) is 25.3 Å². The molecule has 0 spiro atoms. The number of carbonyl (C=O) groups is 1. The number of carboxylic acids is 1. The molecule has 0 saturated heterocycles. The molecule has 0 aliphatic carbocycles. The SMILES string of the molecule is CCCC(C)(Nc1ccc(-c2cccs2)cc1)c1ccc(-c2ccc(/C=C(\C#N)c3sc(C(=O)O)c(OC)c3OC)s2)cc1. The molecule has 2 aromatic carbocycles. The number of thiophene rings is 3. The number of hydrogen-bond acceptors (Lipinski definition) is 8. The topological polar surface area (TPSA) is 91.6 Å². The van der Waals surface area contributed by atoms with Crippen LogP contribution in [0.5, 0.6) is 11.5 Å². The first-order valence-corrected chi connectivity index (χ1v) is 16.5. The van der Waals surface area contributed by atoms with Crippen LogP contribution >= 0.6 is 34.0 Å². The molecule has 0 fully saturated rings. The number of hydrogen-bond donors (Lipinski definition) is 2. The molecule has 0 aliphatic rings. The van der Waals surface area contributed by atoms with E-state index in [9.17, 15) is 15.2 Å². The summed E-state index contributed by atoms with van der Waals surface area (Å²) in [7, 11) is 2.82. The van der Waals surface area contributed by atoms with Gasteiger partial charge in [-0.2, -0.15) is 5.26 Å². The Bertz CT molecular complexity index is 1810. The zero-order chi connectivity index (χ0) is 31.3. The average Bonchev–Trinajstić information content (AvgIpc) is 3.80. The van der Waals surface area contributed by atoms with Crippen LogP contribution in [-0.2, 0) is 5.54 Å². The van der Waals surface area contributed by atoms with E-state index in [4.69, 9.17) is 9.47 Å². The second-order valence-electron chi connectivity index (χ2n) is 10.3. The molecule has 0 saturated carbocycles. The van der Waals surface area contributed by atoms with Gasteiger partial charge in [0, 0.05) is 20.3 Å². The van der Waals surface area contributed by atoms with Gasteiger partial charge in [0.1, 0.15) is 6.07 Å². The number of ether oxygens (including phenoxy) is 2. The van der Waals surface area contributed by atoms with E-state index in [0.717, 1.165) is 45.2 Å². The fraction of sp³-hybridized carbons (Fsp3) is 0.200. The quantitative estimate of drug-likeness (QED) is 0.132. The molecule has 0 radical (unpaired) electrons. The highest BCUT2D eigenvalue weighted by atomic mass is 32.1. The first-order chi connectivity index (χ1) is 21.3. The van der Waals surface area contributed by atoms with Crippen LogP contribution in [0.15, 0.2) is 78.2 Å². The van der Waals surface area contributed by atoms with Gasteiger partial charge in [0.25, 0.3) is 0 Å². The van der Waals surface area contributed by atoms with E-state index >= 15 is 0 Å². The minimum atomic E-state index is -1.13. The van der Waals surface area contributed by atoms with Crippen LogP contribution < -0.4 is 14.8 Å². The predicted molar refractivity (Wildman–Crippen MR) is 183 cm³/mol. The number of rotatable bonds is 12. The van der Waals surface area contributed by atoms with Gasteiger partial charge in [-0.3, -0.25) is 0 Å². The second-order valence-corrected chi connectivity index (χ2v) is 13.4. The van der Waals surface area contributed by atoms with Gasteiger partial charge < -0.3 is 19.9 Å². The van der Waals surface area contributed by atoms with Gasteiger partial charge in [0.15, 0.2) is 16.4 Å². The van der Waals surface area contributed by atoms with Crippen molar-refractivity contribution in [1.29, 1.82) is 5.26 Å². The number of anilines is 1. The van der Waals surface area contributed by atoms with Crippen LogP contribution in [0.3, 0.4) is 0 Å². The van der Waals surface area contributed by atoms with Gasteiger partial charge in [-0.15, -0.1) is 34.0 Å². The summed E-state index contributed by atoms with van der Waals surface area (Å²) in [4.78, 5) is 15.3. The fourth-order valence-corrected chi connectivity index (χ4v) is 7.96. The van der Waals surface area contributed by atoms with Crippen LogP contribution in [0.2, 0.25) is 0 Å². The van der Waals surface area contributed by atoms with Gasteiger partial charge in [-0.25, -0.2) is 4.79 Å². The summed E-state index contributed by atoms with van der Waals surface area (Å²) in [6.07, 6.45) is 3.77. The summed E-state index contributed by atoms with van der Waals surface area (Å²) in [6.45, 7) is 4.45. The molecular weight excluding hydrogens is 609 g/mol. The van der Waals surface area contributed by atoms with Gasteiger partial charge >= 0.3 is 5.97 Å². The highest BCUT2D eigenvalue weighted by Crippen LogP contribution is 2.46. The standard InChI is InChI=1S/C35H32N2O4S3/c1-5-18-35(2,37-26-14-10-22(11-15-26)28-7-6-19-42-28)25-12-8-23(9-13-25)29-17-16-27(43-29)20-24(21-36)32-30(40-3)31(41-4)33(44-32)34(38)39/h6-17,19-20,37H,5,18H2,1-4H3,(H,38,39)/b24-20+. The summed E-state index contributed by atoms with van der Waals surface area (Å²) >= 11 is 4.27. The molecule has 5 aromatic rings. The van der Waals surface area contributed by atoms with Crippen molar-refractivity contribution < 1.29 is 19.4 Å². The maximum Gasteiger partial charge on any atom is 0.349 e.